The van der Waals surface area contributed by atoms with Crippen LogP contribution in [0.2, 0.25) is 0 Å². The zero-order chi connectivity index (χ0) is 21.3. The Labute approximate surface area is 188 Å². The Balaban J connectivity index is 1.66. The molecular formula is C22H20BrN3O3S. The number of carbonyl (C=O) groups is 1. The summed E-state index contributed by atoms with van der Waals surface area (Å²) in [5, 5.41) is 10.7. The quantitative estimate of drug-likeness (QED) is 0.625. The van der Waals surface area contributed by atoms with Gasteiger partial charge >= 0.3 is 0 Å². The molecular weight excluding hydrogens is 466 g/mol. The highest BCUT2D eigenvalue weighted by atomic mass is 79.9. The van der Waals surface area contributed by atoms with Crippen molar-refractivity contribution in [3.8, 4) is 17.6 Å². The van der Waals surface area contributed by atoms with Gasteiger partial charge in [-0.15, -0.1) is 0 Å². The predicted molar refractivity (Wildman–Crippen MR) is 120 cm³/mol. The smallest absolute Gasteiger partial charge is 0.229 e. The molecule has 0 bridgehead atoms. The molecule has 1 atom stereocenters. The highest BCUT2D eigenvalue weighted by Gasteiger charge is 2.38. The Bertz CT molecular complexity index is 1070. The lowest BCUT2D eigenvalue weighted by molar-refractivity contribution is -0.129. The van der Waals surface area contributed by atoms with Crippen LogP contribution in [-0.4, -0.2) is 37.6 Å². The number of hydrogen-bond donors (Lipinski definition) is 0. The maximum atomic E-state index is 13.1. The first-order valence-corrected chi connectivity index (χ1v) is 11.1. The second kappa shape index (κ2) is 8.62. The lowest BCUT2D eigenvalue weighted by Crippen LogP contribution is -2.47. The molecule has 2 aliphatic rings. The molecule has 0 radical (unpaired) electrons. The van der Waals surface area contributed by atoms with Crippen molar-refractivity contribution < 1.29 is 14.3 Å². The van der Waals surface area contributed by atoms with E-state index < -0.39 is 0 Å². The van der Waals surface area contributed by atoms with Gasteiger partial charge in [0.1, 0.15) is 11.5 Å². The third-order valence-corrected chi connectivity index (χ3v) is 6.92. The number of anilines is 1. The van der Waals surface area contributed by atoms with E-state index in [0.29, 0.717) is 29.6 Å². The Morgan fingerprint density at radius 2 is 2.03 bits per heavy atom. The minimum Gasteiger partial charge on any atom is -0.497 e. The molecule has 1 amide bonds. The van der Waals surface area contributed by atoms with Gasteiger partial charge in [-0.05, 0) is 29.8 Å². The molecule has 8 heteroatoms. The van der Waals surface area contributed by atoms with E-state index in [1.165, 1.54) is 11.8 Å². The number of carbonyl (C=O) groups excluding carboxylic acids is 1. The van der Waals surface area contributed by atoms with Gasteiger partial charge in [0.2, 0.25) is 5.91 Å². The zero-order valence-corrected chi connectivity index (χ0v) is 19.0. The number of ether oxygens (including phenoxy) is 2. The van der Waals surface area contributed by atoms with Crippen LogP contribution in [0.1, 0.15) is 17.9 Å². The van der Waals surface area contributed by atoms with Crippen molar-refractivity contribution >= 4 is 39.3 Å². The van der Waals surface area contributed by atoms with Gasteiger partial charge in [0.05, 0.1) is 49.1 Å². The van der Waals surface area contributed by atoms with Gasteiger partial charge < -0.3 is 14.4 Å². The molecule has 0 saturated carbocycles. The van der Waals surface area contributed by atoms with E-state index in [0.717, 1.165) is 20.8 Å². The van der Waals surface area contributed by atoms with Crippen LogP contribution in [0.3, 0.4) is 0 Å². The number of benzene rings is 2. The average molecular weight is 486 g/mol. The largest absolute Gasteiger partial charge is 0.497 e. The molecule has 0 N–H and O–H groups in total. The van der Waals surface area contributed by atoms with Crippen molar-refractivity contribution in [2.75, 3.05) is 31.7 Å². The molecule has 0 unspecified atom stereocenters. The van der Waals surface area contributed by atoms with Crippen LogP contribution in [0, 0.1) is 11.3 Å². The van der Waals surface area contributed by atoms with Crippen molar-refractivity contribution in [1.29, 1.82) is 5.26 Å². The minimum absolute atomic E-state index is 0.0126. The molecule has 6 nitrogen and oxygen atoms in total. The number of fused-ring (bicyclic) bond motifs is 1. The van der Waals surface area contributed by atoms with Crippen LogP contribution in [0.25, 0.3) is 0 Å². The Kier molecular flexibility index (Phi) is 5.93. The number of thioether (sulfide) groups is 1. The topological polar surface area (TPSA) is 65.8 Å². The molecule has 154 valence electrons. The van der Waals surface area contributed by atoms with Gasteiger partial charge in [-0.3, -0.25) is 9.69 Å². The summed E-state index contributed by atoms with van der Waals surface area (Å²) in [7, 11) is 3.23. The van der Waals surface area contributed by atoms with Crippen LogP contribution >= 0.6 is 27.7 Å². The highest BCUT2D eigenvalue weighted by molar-refractivity contribution is 9.10. The minimum atomic E-state index is -0.221. The van der Waals surface area contributed by atoms with Crippen LogP contribution in [0.4, 0.5) is 5.69 Å². The van der Waals surface area contributed by atoms with E-state index in [1.54, 1.807) is 19.1 Å². The maximum Gasteiger partial charge on any atom is 0.229 e. The molecule has 0 aromatic heterocycles. The first-order valence-electron chi connectivity index (χ1n) is 9.35. The van der Waals surface area contributed by atoms with E-state index in [-0.39, 0.29) is 18.2 Å². The summed E-state index contributed by atoms with van der Waals surface area (Å²) >= 11 is 4.99. The molecule has 0 aliphatic carbocycles. The van der Waals surface area contributed by atoms with Crippen LogP contribution < -0.4 is 14.4 Å². The lowest BCUT2D eigenvalue weighted by atomic mass is 9.86. The number of amides is 1. The third-order valence-electron chi connectivity index (χ3n) is 5.27. The number of nitriles is 1. The lowest BCUT2D eigenvalue weighted by Gasteiger charge is -2.42. The summed E-state index contributed by atoms with van der Waals surface area (Å²) in [5.41, 5.74) is 2.51. The molecule has 4 rings (SSSR count). The first-order chi connectivity index (χ1) is 14.5. The van der Waals surface area contributed by atoms with Gasteiger partial charge in [-0.25, -0.2) is 0 Å². The number of methoxy groups -OCH3 is 2. The summed E-state index contributed by atoms with van der Waals surface area (Å²) in [5.74, 6) is 1.79. The second-order valence-electron chi connectivity index (χ2n) is 6.96. The fourth-order valence-electron chi connectivity index (χ4n) is 3.77. The van der Waals surface area contributed by atoms with Crippen LogP contribution in [0.15, 0.2) is 57.5 Å². The molecule has 2 aliphatic heterocycles. The van der Waals surface area contributed by atoms with Gasteiger partial charge in [0, 0.05) is 22.9 Å². The Morgan fingerprint density at radius 3 is 2.73 bits per heavy atom. The number of hydrogen-bond acceptors (Lipinski definition) is 6. The van der Waals surface area contributed by atoms with E-state index in [4.69, 9.17) is 9.47 Å². The number of halogens is 1. The van der Waals surface area contributed by atoms with E-state index in [2.05, 4.69) is 26.9 Å². The van der Waals surface area contributed by atoms with E-state index in [1.807, 2.05) is 42.5 Å². The SMILES string of the molecule is COc1ccc(N2CSC3=C(C#N)[C@H](c4cccc(Br)c4)CC(=O)N3C2)c(OC)c1. The summed E-state index contributed by atoms with van der Waals surface area (Å²) in [6.45, 7) is 0.375. The second-order valence-corrected chi connectivity index (χ2v) is 8.81. The van der Waals surface area contributed by atoms with Crippen molar-refractivity contribution in [3.63, 3.8) is 0 Å². The summed E-state index contributed by atoms with van der Waals surface area (Å²) in [6, 6.07) is 15.8. The normalized spacial score (nSPS) is 18.7. The van der Waals surface area contributed by atoms with Crippen molar-refractivity contribution in [2.45, 2.75) is 12.3 Å². The molecule has 2 heterocycles. The fourth-order valence-corrected chi connectivity index (χ4v) is 5.34. The Morgan fingerprint density at radius 1 is 1.20 bits per heavy atom. The van der Waals surface area contributed by atoms with E-state index in [9.17, 15) is 10.1 Å². The summed E-state index contributed by atoms with van der Waals surface area (Å²) in [6.07, 6.45) is 0.275. The maximum absolute atomic E-state index is 13.1. The molecule has 2 aromatic rings. The highest BCUT2D eigenvalue weighted by Crippen LogP contribution is 2.44. The Hall–Kier alpha value is -2.63. The number of nitrogens with zero attached hydrogens (tertiary/aromatic N) is 3. The summed E-state index contributed by atoms with van der Waals surface area (Å²) in [4.78, 5) is 16.9. The van der Waals surface area contributed by atoms with Crippen LogP contribution in [0.5, 0.6) is 11.5 Å². The predicted octanol–water partition coefficient (Wildman–Crippen LogP) is 4.69. The molecule has 1 saturated heterocycles. The van der Waals surface area contributed by atoms with E-state index >= 15 is 0 Å². The molecule has 1 fully saturated rings. The third kappa shape index (κ3) is 3.75. The van der Waals surface area contributed by atoms with Crippen LogP contribution in [-0.2, 0) is 4.79 Å². The van der Waals surface area contributed by atoms with Gasteiger partial charge in [0.15, 0.2) is 0 Å². The van der Waals surface area contributed by atoms with Crippen molar-refractivity contribution in [3.05, 3.63) is 63.1 Å². The van der Waals surface area contributed by atoms with Gasteiger partial charge in [-0.1, -0.05) is 39.8 Å². The monoisotopic (exact) mass is 485 g/mol. The van der Waals surface area contributed by atoms with Gasteiger partial charge in [0.25, 0.3) is 0 Å². The van der Waals surface area contributed by atoms with Crippen molar-refractivity contribution in [1.82, 2.24) is 4.90 Å². The first kappa shape index (κ1) is 20.6. The molecule has 0 spiro atoms. The zero-order valence-electron chi connectivity index (χ0n) is 16.6. The van der Waals surface area contributed by atoms with Gasteiger partial charge in [-0.2, -0.15) is 5.26 Å². The average Bonchev–Trinajstić information content (AvgIpc) is 2.78. The molecule has 2 aromatic carbocycles. The number of allylic oxidation sites excluding steroid dienone is 1. The number of rotatable bonds is 4. The molecule has 30 heavy (non-hydrogen) atoms. The standard InChI is InChI=1S/C22H20BrN3O3S/c1-28-16-6-7-19(20(9-16)29-2)25-12-26-21(27)10-17(14-4-3-5-15(23)8-14)18(11-24)22(26)30-13-25/h3-9,17H,10,12-13H2,1-2H3/t17-/m0/s1. The fraction of sp³-hybridized carbons (Fsp3) is 0.273. The summed E-state index contributed by atoms with van der Waals surface area (Å²) < 4.78 is 11.7. The van der Waals surface area contributed by atoms with Crippen molar-refractivity contribution in [2.24, 2.45) is 0 Å².